The predicted molar refractivity (Wildman–Crippen MR) is 79.8 cm³/mol. The molecule has 1 aromatic rings. The molecule has 2 N–H and O–H groups in total. The summed E-state index contributed by atoms with van der Waals surface area (Å²) < 4.78 is 11.5. The van der Waals surface area contributed by atoms with Gasteiger partial charge in [-0.15, -0.1) is 0 Å². The molecule has 3 rings (SSSR count). The molecule has 0 spiro atoms. The third-order valence-electron chi connectivity index (χ3n) is 5.02. The number of aromatic nitrogens is 2. The van der Waals surface area contributed by atoms with Crippen molar-refractivity contribution < 1.29 is 9.26 Å². The van der Waals surface area contributed by atoms with Gasteiger partial charge < -0.3 is 15.0 Å². The van der Waals surface area contributed by atoms with E-state index in [0.29, 0.717) is 12.5 Å². The first-order chi connectivity index (χ1) is 10.3. The van der Waals surface area contributed by atoms with E-state index in [9.17, 15) is 0 Å². The summed E-state index contributed by atoms with van der Waals surface area (Å²) in [6.07, 6.45) is 9.58. The van der Waals surface area contributed by atoms with Crippen LogP contribution in [0.2, 0.25) is 0 Å². The topological polar surface area (TPSA) is 74.2 Å². The summed E-state index contributed by atoms with van der Waals surface area (Å²) in [4.78, 5) is 4.65. The van der Waals surface area contributed by atoms with Crippen LogP contribution in [0.4, 0.5) is 0 Å². The largest absolute Gasteiger partial charge is 0.370 e. The van der Waals surface area contributed by atoms with Crippen molar-refractivity contribution in [2.24, 2.45) is 11.7 Å². The molecule has 2 aliphatic rings. The molecule has 118 valence electrons. The highest BCUT2D eigenvalue weighted by atomic mass is 16.5. The van der Waals surface area contributed by atoms with E-state index >= 15 is 0 Å². The van der Waals surface area contributed by atoms with E-state index in [4.69, 9.17) is 15.0 Å². The number of ether oxygens (including phenoxy) is 1. The van der Waals surface area contributed by atoms with Crippen LogP contribution in [-0.2, 0) is 4.74 Å². The SMILES string of the molecule is CCOC(c1noc(C2CCCC2N)n1)C1CCCCC1. The quantitative estimate of drug-likeness (QED) is 0.901. The maximum atomic E-state index is 6.14. The monoisotopic (exact) mass is 293 g/mol. The maximum absolute atomic E-state index is 6.14. The lowest BCUT2D eigenvalue weighted by atomic mass is 9.85. The van der Waals surface area contributed by atoms with E-state index in [1.807, 2.05) is 6.92 Å². The van der Waals surface area contributed by atoms with Crippen molar-refractivity contribution in [2.45, 2.75) is 76.4 Å². The molecule has 3 unspecified atom stereocenters. The summed E-state index contributed by atoms with van der Waals surface area (Å²) in [6, 6.07) is 0.165. The first-order valence-electron chi connectivity index (χ1n) is 8.50. The molecular formula is C16H27N3O2. The number of rotatable bonds is 5. The summed E-state index contributed by atoms with van der Waals surface area (Å²) in [7, 11) is 0. The molecule has 1 heterocycles. The summed E-state index contributed by atoms with van der Waals surface area (Å²) in [5.41, 5.74) is 6.14. The molecule has 0 aromatic carbocycles. The Morgan fingerprint density at radius 1 is 1.19 bits per heavy atom. The van der Waals surface area contributed by atoms with Gasteiger partial charge in [-0.1, -0.05) is 30.8 Å². The fourth-order valence-corrected chi connectivity index (χ4v) is 3.85. The Labute approximate surface area is 126 Å². The van der Waals surface area contributed by atoms with Crippen LogP contribution in [0.1, 0.15) is 82.0 Å². The van der Waals surface area contributed by atoms with Gasteiger partial charge in [-0.3, -0.25) is 0 Å². The van der Waals surface area contributed by atoms with Crippen molar-refractivity contribution in [3.63, 3.8) is 0 Å². The Balaban J connectivity index is 1.74. The Bertz CT molecular complexity index is 442. The van der Waals surface area contributed by atoms with Gasteiger partial charge in [0.2, 0.25) is 11.7 Å². The number of hydrogen-bond acceptors (Lipinski definition) is 5. The summed E-state index contributed by atoms with van der Waals surface area (Å²) in [6.45, 7) is 2.72. The highest BCUT2D eigenvalue weighted by Gasteiger charge is 2.33. The first-order valence-corrected chi connectivity index (χ1v) is 8.50. The van der Waals surface area contributed by atoms with Crippen molar-refractivity contribution in [1.82, 2.24) is 10.1 Å². The van der Waals surface area contributed by atoms with Gasteiger partial charge in [0.25, 0.3) is 0 Å². The summed E-state index contributed by atoms with van der Waals surface area (Å²) in [5, 5.41) is 4.22. The van der Waals surface area contributed by atoms with Gasteiger partial charge >= 0.3 is 0 Å². The number of nitrogens with zero attached hydrogens (tertiary/aromatic N) is 2. The Morgan fingerprint density at radius 3 is 2.67 bits per heavy atom. The van der Waals surface area contributed by atoms with E-state index in [2.05, 4.69) is 10.1 Å². The van der Waals surface area contributed by atoms with Gasteiger partial charge in [0.05, 0.1) is 5.92 Å². The van der Waals surface area contributed by atoms with E-state index in [-0.39, 0.29) is 18.1 Å². The normalized spacial score (nSPS) is 28.9. The van der Waals surface area contributed by atoms with Crippen LogP contribution in [0.5, 0.6) is 0 Å². The Morgan fingerprint density at radius 2 is 2.00 bits per heavy atom. The molecule has 3 atom stereocenters. The molecule has 0 amide bonds. The highest BCUT2D eigenvalue weighted by Crippen LogP contribution is 2.37. The van der Waals surface area contributed by atoms with Crippen LogP contribution in [0.25, 0.3) is 0 Å². The van der Waals surface area contributed by atoms with Gasteiger partial charge in [-0.25, -0.2) is 0 Å². The van der Waals surface area contributed by atoms with Crippen molar-refractivity contribution in [1.29, 1.82) is 0 Å². The molecule has 21 heavy (non-hydrogen) atoms. The van der Waals surface area contributed by atoms with Crippen LogP contribution >= 0.6 is 0 Å². The molecule has 5 nitrogen and oxygen atoms in total. The van der Waals surface area contributed by atoms with E-state index in [0.717, 1.165) is 31.0 Å². The molecule has 2 aliphatic carbocycles. The average molecular weight is 293 g/mol. The lowest BCUT2D eigenvalue weighted by Crippen LogP contribution is -2.23. The van der Waals surface area contributed by atoms with Gasteiger partial charge in [0.1, 0.15) is 6.10 Å². The predicted octanol–water partition coefficient (Wildman–Crippen LogP) is 3.32. The smallest absolute Gasteiger partial charge is 0.231 e. The zero-order chi connectivity index (χ0) is 14.7. The molecule has 0 radical (unpaired) electrons. The fraction of sp³-hybridized carbons (Fsp3) is 0.875. The van der Waals surface area contributed by atoms with Crippen molar-refractivity contribution in [3.8, 4) is 0 Å². The average Bonchev–Trinajstić information content (AvgIpc) is 3.14. The minimum absolute atomic E-state index is 0.00886. The van der Waals surface area contributed by atoms with Crippen LogP contribution < -0.4 is 5.73 Å². The van der Waals surface area contributed by atoms with Crippen molar-refractivity contribution in [3.05, 3.63) is 11.7 Å². The standard InChI is InChI=1S/C16H27N3O2/c1-2-20-14(11-7-4-3-5-8-11)15-18-16(21-19-15)12-9-6-10-13(12)17/h11-14H,2-10,17H2,1H3. The third-order valence-corrected chi connectivity index (χ3v) is 5.02. The number of hydrogen-bond donors (Lipinski definition) is 1. The van der Waals surface area contributed by atoms with Crippen LogP contribution in [-0.4, -0.2) is 22.8 Å². The molecule has 2 saturated carbocycles. The molecule has 5 heteroatoms. The molecule has 0 aliphatic heterocycles. The summed E-state index contributed by atoms with van der Waals surface area (Å²) in [5.74, 6) is 2.22. The molecule has 2 fully saturated rings. The minimum atomic E-state index is -0.00886. The lowest BCUT2D eigenvalue weighted by Gasteiger charge is -2.27. The molecular weight excluding hydrogens is 266 g/mol. The van der Waals surface area contributed by atoms with E-state index in [1.165, 1.54) is 32.1 Å². The fourth-order valence-electron chi connectivity index (χ4n) is 3.85. The second kappa shape index (κ2) is 6.88. The van der Waals surface area contributed by atoms with Crippen LogP contribution in [0, 0.1) is 5.92 Å². The number of nitrogens with two attached hydrogens (primary N) is 1. The lowest BCUT2D eigenvalue weighted by molar-refractivity contribution is -0.00145. The van der Waals surface area contributed by atoms with Crippen LogP contribution in [0.3, 0.4) is 0 Å². The van der Waals surface area contributed by atoms with Crippen LogP contribution in [0.15, 0.2) is 4.52 Å². The third kappa shape index (κ3) is 3.29. The minimum Gasteiger partial charge on any atom is -0.370 e. The van der Waals surface area contributed by atoms with E-state index < -0.39 is 0 Å². The zero-order valence-electron chi connectivity index (χ0n) is 13.0. The molecule has 0 bridgehead atoms. The Kier molecular flexibility index (Phi) is 4.91. The molecule has 1 aromatic heterocycles. The zero-order valence-corrected chi connectivity index (χ0v) is 13.0. The maximum Gasteiger partial charge on any atom is 0.231 e. The van der Waals surface area contributed by atoms with E-state index in [1.54, 1.807) is 0 Å². The van der Waals surface area contributed by atoms with Gasteiger partial charge in [-0.2, -0.15) is 4.98 Å². The second-order valence-corrected chi connectivity index (χ2v) is 6.47. The highest BCUT2D eigenvalue weighted by molar-refractivity contribution is 5.04. The first kappa shape index (κ1) is 15.0. The van der Waals surface area contributed by atoms with Gasteiger partial charge in [0.15, 0.2) is 0 Å². The second-order valence-electron chi connectivity index (χ2n) is 6.47. The van der Waals surface area contributed by atoms with Crippen molar-refractivity contribution in [2.75, 3.05) is 6.61 Å². The summed E-state index contributed by atoms with van der Waals surface area (Å²) >= 11 is 0. The Hall–Kier alpha value is -0.940. The van der Waals surface area contributed by atoms with Gasteiger partial charge in [-0.05, 0) is 38.5 Å². The van der Waals surface area contributed by atoms with Crippen molar-refractivity contribution >= 4 is 0 Å². The van der Waals surface area contributed by atoms with Gasteiger partial charge in [0, 0.05) is 12.6 Å². The molecule has 0 saturated heterocycles.